The van der Waals surface area contributed by atoms with Crippen molar-refractivity contribution in [2.24, 2.45) is 0 Å². The molecule has 0 bridgehead atoms. The van der Waals surface area contributed by atoms with Gasteiger partial charge in [0.15, 0.2) is 11.5 Å². The first-order chi connectivity index (χ1) is 8.29. The first-order valence-electron chi connectivity index (χ1n) is 5.99. The molecule has 1 unspecified atom stereocenters. The summed E-state index contributed by atoms with van der Waals surface area (Å²) < 4.78 is 16.0. The molecule has 0 aliphatic carbocycles. The molecule has 1 aromatic rings. The second-order valence-corrected chi connectivity index (χ2v) is 4.13. The number of fused-ring (bicyclic) bond motifs is 1. The fourth-order valence-electron chi connectivity index (χ4n) is 1.70. The van der Waals surface area contributed by atoms with Crippen molar-refractivity contribution in [3.8, 4) is 11.5 Å². The van der Waals surface area contributed by atoms with E-state index in [0.717, 1.165) is 31.3 Å². The zero-order valence-corrected chi connectivity index (χ0v) is 10.4. The smallest absolute Gasteiger partial charge is 0.231 e. The van der Waals surface area contributed by atoms with Crippen molar-refractivity contribution in [1.82, 2.24) is 5.32 Å². The average Bonchev–Trinajstić information content (AvgIpc) is 2.81. The van der Waals surface area contributed by atoms with Crippen molar-refractivity contribution in [1.29, 1.82) is 0 Å². The lowest BCUT2D eigenvalue weighted by atomic mass is 10.2. The van der Waals surface area contributed by atoms with E-state index in [0.29, 0.717) is 12.8 Å². The molecule has 17 heavy (non-hydrogen) atoms. The minimum atomic E-state index is 0.326. The fourth-order valence-corrected chi connectivity index (χ4v) is 1.70. The van der Waals surface area contributed by atoms with Crippen LogP contribution in [0, 0.1) is 0 Å². The summed E-state index contributed by atoms with van der Waals surface area (Å²) >= 11 is 0. The van der Waals surface area contributed by atoms with Gasteiger partial charge in [0, 0.05) is 19.2 Å². The van der Waals surface area contributed by atoms with Crippen molar-refractivity contribution < 1.29 is 14.2 Å². The van der Waals surface area contributed by atoms with E-state index in [1.807, 2.05) is 25.1 Å². The maximum absolute atomic E-state index is 5.35. The van der Waals surface area contributed by atoms with Crippen molar-refractivity contribution in [3.05, 3.63) is 23.8 Å². The maximum atomic E-state index is 5.35. The summed E-state index contributed by atoms with van der Waals surface area (Å²) in [5.41, 5.74) is 1.19. The van der Waals surface area contributed by atoms with Crippen LogP contribution in [0.1, 0.15) is 19.4 Å². The molecule has 94 valence electrons. The quantitative estimate of drug-likeness (QED) is 0.820. The predicted octanol–water partition coefficient (Wildman–Crippen LogP) is 1.93. The summed E-state index contributed by atoms with van der Waals surface area (Å²) in [6.07, 6.45) is 0. The lowest BCUT2D eigenvalue weighted by Crippen LogP contribution is -2.30. The Hall–Kier alpha value is -1.26. The van der Waals surface area contributed by atoms with Gasteiger partial charge in [-0.3, -0.25) is 0 Å². The highest BCUT2D eigenvalue weighted by molar-refractivity contribution is 5.44. The van der Waals surface area contributed by atoms with Crippen LogP contribution in [0.4, 0.5) is 0 Å². The lowest BCUT2D eigenvalue weighted by Gasteiger charge is -2.13. The molecular weight excluding hydrogens is 218 g/mol. The monoisotopic (exact) mass is 237 g/mol. The summed E-state index contributed by atoms with van der Waals surface area (Å²) in [4.78, 5) is 0. The Morgan fingerprint density at radius 1 is 1.35 bits per heavy atom. The highest BCUT2D eigenvalue weighted by Crippen LogP contribution is 2.32. The molecule has 1 N–H and O–H groups in total. The topological polar surface area (TPSA) is 39.7 Å². The average molecular weight is 237 g/mol. The first kappa shape index (κ1) is 12.2. The third-order valence-corrected chi connectivity index (χ3v) is 2.66. The normalized spacial score (nSPS) is 14.9. The molecular formula is C13H19NO3. The number of rotatable bonds is 6. The number of nitrogens with one attached hydrogen (secondary N) is 1. The van der Waals surface area contributed by atoms with Crippen LogP contribution in [0.2, 0.25) is 0 Å². The molecule has 0 spiro atoms. The van der Waals surface area contributed by atoms with Gasteiger partial charge < -0.3 is 19.5 Å². The second-order valence-electron chi connectivity index (χ2n) is 4.13. The minimum Gasteiger partial charge on any atom is -0.454 e. The van der Waals surface area contributed by atoms with Crippen LogP contribution in [-0.4, -0.2) is 26.0 Å². The summed E-state index contributed by atoms with van der Waals surface area (Å²) in [7, 11) is 0. The van der Waals surface area contributed by atoms with E-state index in [1.165, 1.54) is 5.56 Å². The lowest BCUT2D eigenvalue weighted by molar-refractivity contribution is 0.127. The van der Waals surface area contributed by atoms with Gasteiger partial charge in [0.1, 0.15) is 0 Å². The Morgan fingerprint density at radius 2 is 2.18 bits per heavy atom. The molecule has 1 atom stereocenters. The van der Waals surface area contributed by atoms with E-state index in [2.05, 4.69) is 12.2 Å². The van der Waals surface area contributed by atoms with Crippen molar-refractivity contribution in [3.63, 3.8) is 0 Å². The fraction of sp³-hybridized carbons (Fsp3) is 0.538. The van der Waals surface area contributed by atoms with E-state index < -0.39 is 0 Å². The van der Waals surface area contributed by atoms with Crippen LogP contribution in [0.25, 0.3) is 0 Å². The minimum absolute atomic E-state index is 0.326. The molecule has 1 heterocycles. The highest BCUT2D eigenvalue weighted by atomic mass is 16.7. The Labute approximate surface area is 102 Å². The predicted molar refractivity (Wildman–Crippen MR) is 65.4 cm³/mol. The molecule has 0 aromatic heterocycles. The van der Waals surface area contributed by atoms with Crippen LogP contribution >= 0.6 is 0 Å². The molecule has 2 rings (SSSR count). The largest absolute Gasteiger partial charge is 0.454 e. The Bertz CT molecular complexity index is 368. The Balaban J connectivity index is 1.83. The second kappa shape index (κ2) is 5.89. The summed E-state index contributed by atoms with van der Waals surface area (Å²) in [6, 6.07) is 6.36. The maximum Gasteiger partial charge on any atom is 0.231 e. The van der Waals surface area contributed by atoms with Crippen LogP contribution < -0.4 is 14.8 Å². The van der Waals surface area contributed by atoms with Gasteiger partial charge in [-0.15, -0.1) is 0 Å². The van der Waals surface area contributed by atoms with E-state index in [9.17, 15) is 0 Å². The van der Waals surface area contributed by atoms with E-state index >= 15 is 0 Å². The van der Waals surface area contributed by atoms with Crippen LogP contribution in [-0.2, 0) is 11.3 Å². The molecule has 0 fully saturated rings. The first-order valence-corrected chi connectivity index (χ1v) is 5.99. The van der Waals surface area contributed by atoms with Crippen LogP contribution in [0.15, 0.2) is 18.2 Å². The van der Waals surface area contributed by atoms with E-state index in [-0.39, 0.29) is 0 Å². The molecule has 0 amide bonds. The molecule has 1 aliphatic rings. The zero-order valence-electron chi connectivity index (χ0n) is 10.4. The van der Waals surface area contributed by atoms with Crippen LogP contribution in [0.3, 0.4) is 0 Å². The standard InChI is InChI=1S/C13H19NO3/c1-3-15-8-10(2)14-7-11-4-5-12-13(6-11)17-9-16-12/h4-6,10,14H,3,7-9H2,1-2H3. The summed E-state index contributed by atoms with van der Waals surface area (Å²) in [6.45, 7) is 6.75. The van der Waals surface area contributed by atoms with E-state index in [1.54, 1.807) is 0 Å². The van der Waals surface area contributed by atoms with Crippen molar-refractivity contribution in [2.75, 3.05) is 20.0 Å². The summed E-state index contributed by atoms with van der Waals surface area (Å²) in [5.74, 6) is 1.66. The van der Waals surface area contributed by atoms with Gasteiger partial charge in [-0.1, -0.05) is 6.07 Å². The zero-order chi connectivity index (χ0) is 12.1. The molecule has 4 heteroatoms. The molecule has 1 aliphatic heterocycles. The molecule has 0 saturated heterocycles. The van der Waals surface area contributed by atoms with Gasteiger partial charge in [0.2, 0.25) is 6.79 Å². The van der Waals surface area contributed by atoms with E-state index in [4.69, 9.17) is 14.2 Å². The third-order valence-electron chi connectivity index (χ3n) is 2.66. The van der Waals surface area contributed by atoms with Crippen molar-refractivity contribution >= 4 is 0 Å². The van der Waals surface area contributed by atoms with Gasteiger partial charge >= 0.3 is 0 Å². The summed E-state index contributed by atoms with van der Waals surface area (Å²) in [5, 5.41) is 3.40. The molecule has 4 nitrogen and oxygen atoms in total. The number of ether oxygens (including phenoxy) is 3. The Kier molecular flexibility index (Phi) is 4.23. The highest BCUT2D eigenvalue weighted by Gasteiger charge is 2.13. The van der Waals surface area contributed by atoms with Gasteiger partial charge in [-0.25, -0.2) is 0 Å². The van der Waals surface area contributed by atoms with Crippen LogP contribution in [0.5, 0.6) is 11.5 Å². The van der Waals surface area contributed by atoms with Gasteiger partial charge in [-0.05, 0) is 31.5 Å². The third kappa shape index (κ3) is 3.35. The Morgan fingerprint density at radius 3 is 3.00 bits per heavy atom. The number of hydrogen-bond donors (Lipinski definition) is 1. The van der Waals surface area contributed by atoms with Gasteiger partial charge in [0.25, 0.3) is 0 Å². The number of benzene rings is 1. The molecule has 0 saturated carbocycles. The number of hydrogen-bond acceptors (Lipinski definition) is 4. The van der Waals surface area contributed by atoms with Gasteiger partial charge in [0.05, 0.1) is 6.61 Å². The molecule has 0 radical (unpaired) electrons. The molecule has 1 aromatic carbocycles. The van der Waals surface area contributed by atoms with Crippen molar-refractivity contribution in [2.45, 2.75) is 26.4 Å². The van der Waals surface area contributed by atoms with Gasteiger partial charge in [-0.2, -0.15) is 0 Å². The SMILES string of the molecule is CCOCC(C)NCc1ccc2c(c1)OCO2.